The number of amides is 1. The van der Waals surface area contributed by atoms with Gasteiger partial charge in [-0.25, -0.2) is 0 Å². The molecule has 3 N–H and O–H groups in total. The van der Waals surface area contributed by atoms with Gasteiger partial charge in [-0.1, -0.05) is 0 Å². The first-order chi connectivity index (χ1) is 13.9. The first-order valence-electron chi connectivity index (χ1n) is 11.0. The van der Waals surface area contributed by atoms with Gasteiger partial charge in [0, 0.05) is 12.6 Å². The van der Waals surface area contributed by atoms with Crippen molar-refractivity contribution in [3.05, 3.63) is 22.2 Å². The highest BCUT2D eigenvalue weighted by Crippen LogP contribution is 2.61. The molecular formula is C23H33BrN2O3. The predicted molar refractivity (Wildman–Crippen MR) is 117 cm³/mol. The van der Waals surface area contributed by atoms with Crippen molar-refractivity contribution in [1.82, 2.24) is 5.32 Å². The Morgan fingerprint density at radius 1 is 1.21 bits per heavy atom. The van der Waals surface area contributed by atoms with Crippen LogP contribution < -0.4 is 20.5 Å². The van der Waals surface area contributed by atoms with E-state index >= 15 is 0 Å². The van der Waals surface area contributed by atoms with Crippen molar-refractivity contribution in [2.45, 2.75) is 65.0 Å². The summed E-state index contributed by atoms with van der Waals surface area (Å²) >= 11 is 3.57. The Morgan fingerprint density at radius 3 is 2.38 bits per heavy atom. The molecule has 1 amide bonds. The second kappa shape index (κ2) is 8.46. The maximum absolute atomic E-state index is 11.1. The number of primary amides is 1. The van der Waals surface area contributed by atoms with Crippen LogP contribution in [0.5, 0.6) is 11.5 Å². The van der Waals surface area contributed by atoms with E-state index < -0.39 is 5.91 Å². The van der Waals surface area contributed by atoms with Gasteiger partial charge in [0.05, 0.1) is 11.1 Å². The summed E-state index contributed by atoms with van der Waals surface area (Å²) in [6.45, 7) is 5.47. The molecule has 1 atom stereocenters. The van der Waals surface area contributed by atoms with Gasteiger partial charge < -0.3 is 20.5 Å². The largest absolute Gasteiger partial charge is 0.490 e. The van der Waals surface area contributed by atoms with Crippen LogP contribution in [0.25, 0.3) is 0 Å². The van der Waals surface area contributed by atoms with Crippen LogP contribution in [-0.4, -0.2) is 25.2 Å². The lowest BCUT2D eigenvalue weighted by Crippen LogP contribution is -2.54. The molecule has 4 saturated carbocycles. The SMILES string of the molecule is CCOc1cc(CN[C@H](C)C23CC4CC(CC(C4)C2)C3)cc(Br)c1OCC(N)=O. The van der Waals surface area contributed by atoms with E-state index in [1.54, 1.807) is 0 Å². The number of nitrogens with one attached hydrogen (secondary N) is 1. The van der Waals surface area contributed by atoms with E-state index in [0.29, 0.717) is 29.6 Å². The van der Waals surface area contributed by atoms with Crippen LogP contribution in [0.2, 0.25) is 0 Å². The van der Waals surface area contributed by atoms with Crippen LogP contribution in [0, 0.1) is 23.2 Å². The lowest BCUT2D eigenvalue weighted by Gasteiger charge is -2.59. The Balaban J connectivity index is 1.44. The number of halogens is 1. The van der Waals surface area contributed by atoms with E-state index in [0.717, 1.165) is 34.3 Å². The molecule has 6 heteroatoms. The second-order valence-electron chi connectivity index (χ2n) is 9.48. The molecule has 4 aliphatic carbocycles. The summed E-state index contributed by atoms with van der Waals surface area (Å²) < 4.78 is 12.1. The number of carbonyl (C=O) groups excluding carboxylic acids is 1. The fourth-order valence-electron chi connectivity index (χ4n) is 6.47. The number of benzene rings is 1. The first kappa shape index (κ1) is 21.0. The summed E-state index contributed by atoms with van der Waals surface area (Å²) in [5.41, 5.74) is 6.85. The molecule has 0 saturated heterocycles. The highest BCUT2D eigenvalue weighted by atomic mass is 79.9. The summed E-state index contributed by atoms with van der Waals surface area (Å²) in [6.07, 6.45) is 8.64. The Hall–Kier alpha value is -1.27. The third-order valence-corrected chi connectivity index (χ3v) is 7.93. The van der Waals surface area contributed by atoms with Gasteiger partial charge in [0.15, 0.2) is 18.1 Å². The number of carbonyl (C=O) groups is 1. The second-order valence-corrected chi connectivity index (χ2v) is 10.3. The van der Waals surface area contributed by atoms with Crippen LogP contribution in [0.1, 0.15) is 57.9 Å². The van der Waals surface area contributed by atoms with Gasteiger partial charge in [-0.2, -0.15) is 0 Å². The average Bonchev–Trinajstić information content (AvgIpc) is 2.64. The molecule has 4 aliphatic rings. The quantitative estimate of drug-likeness (QED) is 0.567. The zero-order valence-electron chi connectivity index (χ0n) is 17.5. The Morgan fingerprint density at radius 2 is 1.83 bits per heavy atom. The van der Waals surface area contributed by atoms with Crippen molar-refractivity contribution in [2.75, 3.05) is 13.2 Å². The lowest BCUT2D eigenvalue weighted by atomic mass is 9.48. The van der Waals surface area contributed by atoms with E-state index in [2.05, 4.69) is 28.2 Å². The topological polar surface area (TPSA) is 73.6 Å². The fraction of sp³-hybridized carbons (Fsp3) is 0.696. The maximum Gasteiger partial charge on any atom is 0.255 e. The molecule has 5 nitrogen and oxygen atoms in total. The molecule has 4 bridgehead atoms. The molecule has 4 fully saturated rings. The summed E-state index contributed by atoms with van der Waals surface area (Å²) in [6, 6.07) is 4.55. The molecule has 1 aromatic carbocycles. The Kier molecular flexibility index (Phi) is 6.12. The number of nitrogens with two attached hydrogens (primary N) is 1. The maximum atomic E-state index is 11.1. The molecule has 0 aliphatic heterocycles. The summed E-state index contributed by atoms with van der Waals surface area (Å²) in [7, 11) is 0. The van der Waals surface area contributed by atoms with Gasteiger partial charge in [-0.3, -0.25) is 4.79 Å². The van der Waals surface area contributed by atoms with E-state index in [1.807, 2.05) is 19.1 Å². The van der Waals surface area contributed by atoms with Crippen molar-refractivity contribution >= 4 is 21.8 Å². The Labute approximate surface area is 182 Å². The number of ether oxygens (including phenoxy) is 2. The molecule has 0 radical (unpaired) electrons. The predicted octanol–water partition coefficient (Wildman–Crippen LogP) is 4.41. The van der Waals surface area contributed by atoms with Gasteiger partial charge >= 0.3 is 0 Å². The normalized spacial score (nSPS) is 30.9. The summed E-state index contributed by atoms with van der Waals surface area (Å²) in [5, 5.41) is 3.83. The van der Waals surface area contributed by atoms with Crippen LogP contribution in [0.4, 0.5) is 0 Å². The highest BCUT2D eigenvalue weighted by molar-refractivity contribution is 9.10. The number of hydrogen-bond acceptors (Lipinski definition) is 4. The van der Waals surface area contributed by atoms with Crippen molar-refractivity contribution in [2.24, 2.45) is 28.9 Å². The van der Waals surface area contributed by atoms with Gasteiger partial charge in [0.2, 0.25) is 0 Å². The smallest absolute Gasteiger partial charge is 0.255 e. The van der Waals surface area contributed by atoms with Crippen LogP contribution in [0.15, 0.2) is 16.6 Å². The lowest BCUT2D eigenvalue weighted by molar-refractivity contribution is -0.119. The minimum Gasteiger partial charge on any atom is -0.490 e. The van der Waals surface area contributed by atoms with Crippen LogP contribution >= 0.6 is 15.9 Å². The summed E-state index contributed by atoms with van der Waals surface area (Å²) in [4.78, 5) is 11.1. The molecule has 0 spiro atoms. The zero-order valence-corrected chi connectivity index (χ0v) is 19.1. The van der Waals surface area contributed by atoms with Gasteiger partial charge in [0.25, 0.3) is 5.91 Å². The molecule has 0 aromatic heterocycles. The van der Waals surface area contributed by atoms with Gasteiger partial charge in [0.1, 0.15) is 0 Å². The molecule has 29 heavy (non-hydrogen) atoms. The fourth-order valence-corrected chi connectivity index (χ4v) is 7.07. The molecule has 5 rings (SSSR count). The van der Waals surface area contributed by atoms with Crippen LogP contribution in [-0.2, 0) is 11.3 Å². The highest BCUT2D eigenvalue weighted by Gasteiger charge is 2.52. The van der Waals surface area contributed by atoms with Crippen molar-refractivity contribution < 1.29 is 14.3 Å². The van der Waals surface area contributed by atoms with E-state index in [1.165, 1.54) is 38.5 Å². The molecule has 1 aromatic rings. The average molecular weight is 465 g/mol. The molecule has 0 heterocycles. The van der Waals surface area contributed by atoms with E-state index in [9.17, 15) is 4.79 Å². The van der Waals surface area contributed by atoms with Crippen LogP contribution in [0.3, 0.4) is 0 Å². The third-order valence-electron chi connectivity index (χ3n) is 7.34. The monoisotopic (exact) mass is 464 g/mol. The number of rotatable bonds is 9. The standard InChI is InChI=1S/C23H33BrN2O3/c1-3-28-20-8-18(7-19(24)22(20)29-13-21(25)27)12-26-14(2)23-9-15-4-16(10-23)6-17(5-15)11-23/h7-8,14-17,26H,3-6,9-13H2,1-2H3,(H2,25,27)/t14-,15?,16?,17?,23?/m1/s1. The van der Waals surface area contributed by atoms with Crippen molar-refractivity contribution in [1.29, 1.82) is 0 Å². The van der Waals surface area contributed by atoms with Gasteiger partial charge in [-0.15, -0.1) is 0 Å². The van der Waals surface area contributed by atoms with Crippen molar-refractivity contribution in [3.8, 4) is 11.5 Å². The summed E-state index contributed by atoms with van der Waals surface area (Å²) in [5.74, 6) is 3.56. The third kappa shape index (κ3) is 4.43. The zero-order chi connectivity index (χ0) is 20.6. The van der Waals surface area contributed by atoms with Gasteiger partial charge in [-0.05, 0) is 109 Å². The minimum absolute atomic E-state index is 0.167. The van der Waals surface area contributed by atoms with E-state index in [4.69, 9.17) is 15.2 Å². The Bertz CT molecular complexity index is 731. The molecule has 0 unspecified atom stereocenters. The first-order valence-corrected chi connectivity index (χ1v) is 11.8. The van der Waals surface area contributed by atoms with Crippen molar-refractivity contribution in [3.63, 3.8) is 0 Å². The molecule has 160 valence electrons. The minimum atomic E-state index is -0.505. The molecular weight excluding hydrogens is 432 g/mol. The number of hydrogen-bond donors (Lipinski definition) is 2. The van der Waals surface area contributed by atoms with E-state index in [-0.39, 0.29) is 6.61 Å².